The zero-order chi connectivity index (χ0) is 19.3. The van der Waals surface area contributed by atoms with Gasteiger partial charge in [0.25, 0.3) is 0 Å². The standard InChI is InChI=1S/C16H20ClF3N4O2/c1-3-26-15(25)14(24-8-6-23(2)7-9-24)22-21-13-10-11(16(18,19)20)4-5-12(13)17/h4-5,10,21H,3,6-9H2,1-2H3/p+1/b22-14-. The molecule has 0 aliphatic carbocycles. The quantitative estimate of drug-likeness (QED) is 0.353. The Kier molecular flexibility index (Phi) is 6.71. The average Bonchev–Trinajstić information content (AvgIpc) is 2.57. The third kappa shape index (κ3) is 5.25. The average molecular weight is 394 g/mol. The number of rotatable bonds is 3. The molecule has 1 heterocycles. The number of likely N-dealkylation sites (N-methyl/N-ethyl adjacent to an activating group) is 1. The molecule has 0 unspecified atom stereocenters. The van der Waals surface area contributed by atoms with E-state index >= 15 is 0 Å². The van der Waals surface area contributed by atoms with Crippen molar-refractivity contribution in [3.05, 3.63) is 28.8 Å². The predicted molar refractivity (Wildman–Crippen MR) is 92.3 cm³/mol. The summed E-state index contributed by atoms with van der Waals surface area (Å²) in [7, 11) is 2.04. The zero-order valence-electron chi connectivity index (χ0n) is 14.5. The number of quaternary nitrogens is 1. The molecule has 26 heavy (non-hydrogen) atoms. The number of ether oxygens (including phenoxy) is 1. The summed E-state index contributed by atoms with van der Waals surface area (Å²) < 4.78 is 43.6. The van der Waals surface area contributed by atoms with E-state index in [9.17, 15) is 18.0 Å². The second kappa shape index (κ2) is 8.59. The minimum absolute atomic E-state index is 0.0211. The van der Waals surface area contributed by atoms with Gasteiger partial charge in [-0.3, -0.25) is 5.43 Å². The summed E-state index contributed by atoms with van der Waals surface area (Å²) in [5.74, 6) is -0.615. The van der Waals surface area contributed by atoms with Gasteiger partial charge in [-0.25, -0.2) is 4.79 Å². The number of alkyl halides is 3. The molecule has 0 spiro atoms. The van der Waals surface area contributed by atoms with Gasteiger partial charge in [-0.05, 0) is 25.1 Å². The van der Waals surface area contributed by atoms with Crippen LogP contribution in [-0.2, 0) is 15.7 Å². The maximum absolute atomic E-state index is 12.9. The van der Waals surface area contributed by atoms with Crippen LogP contribution in [0.5, 0.6) is 0 Å². The van der Waals surface area contributed by atoms with E-state index in [4.69, 9.17) is 16.3 Å². The van der Waals surface area contributed by atoms with Crippen LogP contribution in [-0.4, -0.2) is 56.5 Å². The van der Waals surface area contributed by atoms with Crippen molar-refractivity contribution in [3.63, 3.8) is 0 Å². The molecule has 0 radical (unpaired) electrons. The highest BCUT2D eigenvalue weighted by Gasteiger charge is 2.31. The lowest BCUT2D eigenvalue weighted by Gasteiger charge is -2.31. The Morgan fingerprint density at radius 2 is 2.04 bits per heavy atom. The van der Waals surface area contributed by atoms with Gasteiger partial charge in [0.1, 0.15) is 0 Å². The number of halogens is 4. The number of esters is 1. The third-order valence-electron chi connectivity index (χ3n) is 3.95. The van der Waals surface area contributed by atoms with Crippen molar-refractivity contribution in [1.29, 1.82) is 0 Å². The molecule has 6 nitrogen and oxygen atoms in total. The minimum atomic E-state index is -4.51. The zero-order valence-corrected chi connectivity index (χ0v) is 15.2. The number of benzene rings is 1. The molecule has 1 aliphatic rings. The normalized spacial score (nSPS) is 16.5. The first-order valence-electron chi connectivity index (χ1n) is 8.16. The van der Waals surface area contributed by atoms with E-state index < -0.39 is 17.7 Å². The van der Waals surface area contributed by atoms with Crippen LogP contribution in [0.4, 0.5) is 18.9 Å². The van der Waals surface area contributed by atoms with Gasteiger partial charge < -0.3 is 14.5 Å². The maximum Gasteiger partial charge on any atom is 0.416 e. The lowest BCUT2D eigenvalue weighted by Crippen LogP contribution is -3.12. The first-order valence-corrected chi connectivity index (χ1v) is 8.54. The number of nitrogens with zero attached hydrogens (tertiary/aromatic N) is 2. The van der Waals surface area contributed by atoms with Crippen molar-refractivity contribution in [2.75, 3.05) is 45.3 Å². The monoisotopic (exact) mass is 393 g/mol. The van der Waals surface area contributed by atoms with Crippen LogP contribution in [0.25, 0.3) is 0 Å². The van der Waals surface area contributed by atoms with E-state index in [0.29, 0.717) is 13.1 Å². The molecule has 0 aromatic heterocycles. The number of hydrogen-bond donors (Lipinski definition) is 2. The summed E-state index contributed by atoms with van der Waals surface area (Å²) in [6.45, 7) is 4.62. The van der Waals surface area contributed by atoms with Crippen LogP contribution in [0.2, 0.25) is 5.02 Å². The molecule has 0 bridgehead atoms. The molecule has 1 aliphatic heterocycles. The van der Waals surface area contributed by atoms with Crippen LogP contribution in [0.15, 0.2) is 23.3 Å². The highest BCUT2D eigenvalue weighted by Crippen LogP contribution is 2.33. The van der Waals surface area contributed by atoms with Gasteiger partial charge in [-0.1, -0.05) is 11.6 Å². The summed E-state index contributed by atoms with van der Waals surface area (Å²) in [6.07, 6.45) is -4.51. The molecule has 1 saturated heterocycles. The fraction of sp³-hybridized carbons (Fsp3) is 0.500. The number of carbonyl (C=O) groups is 1. The van der Waals surface area contributed by atoms with Crippen molar-refractivity contribution in [3.8, 4) is 0 Å². The van der Waals surface area contributed by atoms with E-state index in [-0.39, 0.29) is 23.2 Å². The van der Waals surface area contributed by atoms with Crippen LogP contribution in [0, 0.1) is 0 Å². The Morgan fingerprint density at radius 1 is 1.38 bits per heavy atom. The number of piperazine rings is 1. The molecule has 0 amide bonds. The van der Waals surface area contributed by atoms with Crippen molar-refractivity contribution in [1.82, 2.24) is 4.90 Å². The number of nitrogens with one attached hydrogen (secondary N) is 2. The smallest absolute Gasteiger partial charge is 0.416 e. The topological polar surface area (TPSA) is 58.4 Å². The van der Waals surface area contributed by atoms with E-state index in [1.165, 1.54) is 4.90 Å². The Hall–Kier alpha value is -2.00. The van der Waals surface area contributed by atoms with E-state index in [1.807, 2.05) is 7.05 Å². The molecule has 1 aromatic rings. The van der Waals surface area contributed by atoms with Gasteiger partial charge in [0.15, 0.2) is 0 Å². The fourth-order valence-corrected chi connectivity index (χ4v) is 2.60. The highest BCUT2D eigenvalue weighted by atomic mass is 35.5. The fourth-order valence-electron chi connectivity index (χ4n) is 2.44. The lowest BCUT2D eigenvalue weighted by molar-refractivity contribution is -0.883. The molecule has 2 rings (SSSR count). The lowest BCUT2D eigenvalue weighted by atomic mass is 10.2. The van der Waals surface area contributed by atoms with Crippen molar-refractivity contribution >= 4 is 29.1 Å². The van der Waals surface area contributed by atoms with Gasteiger partial charge in [0.05, 0.1) is 56.1 Å². The summed E-state index contributed by atoms with van der Waals surface area (Å²) >= 11 is 5.94. The molecule has 0 atom stereocenters. The summed E-state index contributed by atoms with van der Waals surface area (Å²) in [5.41, 5.74) is 1.58. The number of hydrogen-bond acceptors (Lipinski definition) is 4. The predicted octanol–water partition coefficient (Wildman–Crippen LogP) is 1.48. The first-order chi connectivity index (χ1) is 12.2. The Balaban J connectivity index is 2.25. The van der Waals surface area contributed by atoms with Gasteiger partial charge in [0, 0.05) is 0 Å². The first kappa shape index (κ1) is 20.3. The van der Waals surface area contributed by atoms with E-state index in [1.54, 1.807) is 11.8 Å². The number of anilines is 1. The molecule has 1 fully saturated rings. The van der Waals surface area contributed by atoms with Crippen LogP contribution >= 0.6 is 11.6 Å². The number of hydrazone groups is 1. The molecule has 0 saturated carbocycles. The molecular formula is C16H21ClF3N4O2+. The van der Waals surface area contributed by atoms with Crippen molar-refractivity contribution in [2.24, 2.45) is 5.10 Å². The van der Waals surface area contributed by atoms with Crippen molar-refractivity contribution < 1.29 is 27.6 Å². The molecular weight excluding hydrogens is 373 g/mol. The highest BCUT2D eigenvalue weighted by molar-refractivity contribution is 6.35. The maximum atomic E-state index is 12.9. The van der Waals surface area contributed by atoms with Gasteiger partial charge >= 0.3 is 12.1 Å². The summed E-state index contributed by atoms with van der Waals surface area (Å²) in [6, 6.07) is 2.86. The Morgan fingerprint density at radius 3 is 2.62 bits per heavy atom. The summed E-state index contributed by atoms with van der Waals surface area (Å²) in [4.78, 5) is 15.3. The van der Waals surface area contributed by atoms with E-state index in [2.05, 4.69) is 10.5 Å². The molecule has 2 N–H and O–H groups in total. The largest absolute Gasteiger partial charge is 0.460 e. The van der Waals surface area contributed by atoms with Crippen molar-refractivity contribution in [2.45, 2.75) is 13.1 Å². The molecule has 10 heteroatoms. The van der Waals surface area contributed by atoms with Gasteiger partial charge in [-0.2, -0.15) is 13.2 Å². The van der Waals surface area contributed by atoms with Crippen LogP contribution in [0.1, 0.15) is 12.5 Å². The molecule has 1 aromatic carbocycles. The van der Waals surface area contributed by atoms with Gasteiger partial charge in [-0.15, -0.1) is 5.10 Å². The number of amidine groups is 1. The Labute approximate surface area is 154 Å². The minimum Gasteiger partial charge on any atom is -0.460 e. The Bertz CT molecular complexity index is 674. The van der Waals surface area contributed by atoms with Gasteiger partial charge in [0.2, 0.25) is 5.84 Å². The van der Waals surface area contributed by atoms with Crippen LogP contribution in [0.3, 0.4) is 0 Å². The summed E-state index contributed by atoms with van der Waals surface area (Å²) in [5, 5.41) is 4.06. The second-order valence-corrected chi connectivity index (χ2v) is 6.31. The van der Waals surface area contributed by atoms with Crippen LogP contribution < -0.4 is 10.3 Å². The number of carbonyl (C=O) groups excluding carboxylic acids is 1. The molecule has 144 valence electrons. The third-order valence-corrected chi connectivity index (χ3v) is 4.28. The second-order valence-electron chi connectivity index (χ2n) is 5.90. The SMILES string of the molecule is CCOC(=O)/C(=N/Nc1cc(C(F)(F)F)ccc1Cl)N1CC[NH+](C)CC1. The van der Waals surface area contributed by atoms with E-state index in [0.717, 1.165) is 31.3 Å².